The van der Waals surface area contributed by atoms with Crippen molar-refractivity contribution in [2.75, 3.05) is 39.3 Å². The number of primary amides is 1. The maximum Gasteiger partial charge on any atom is 0.221 e. The van der Waals surface area contributed by atoms with Crippen LogP contribution in [0, 0.1) is 0 Å². The Morgan fingerprint density at radius 3 is 2.38 bits per heavy atom. The minimum atomic E-state index is -0.346. The van der Waals surface area contributed by atoms with Gasteiger partial charge in [-0.3, -0.25) is 14.7 Å². The van der Waals surface area contributed by atoms with E-state index in [-0.39, 0.29) is 18.2 Å². The standard InChI is InChI=1S/C33H38N4O2/c34-32(38)24-27-13-11-18-30(23-27)39-22-12-21-37(26-33-35-19-9-1-2-10-20-36-33)25-31(28-14-5-3-6-15-28)29-16-7-4-8-17-29/h1-11,13-18,23,31H,12,19-22,24-26H2,(H2,34,38)(H,35,36)/b9-1-,10-2-. The number of amides is 1. The maximum atomic E-state index is 11.3. The minimum Gasteiger partial charge on any atom is -0.494 e. The zero-order chi connectivity index (χ0) is 27.1. The van der Waals surface area contributed by atoms with Crippen LogP contribution in [-0.4, -0.2) is 56.0 Å². The lowest BCUT2D eigenvalue weighted by Gasteiger charge is -2.29. The second-order valence-corrected chi connectivity index (χ2v) is 9.63. The number of carbonyl (C=O) groups excluding carboxylic acids is 1. The fourth-order valence-corrected chi connectivity index (χ4v) is 4.69. The van der Waals surface area contributed by atoms with Crippen molar-refractivity contribution in [2.24, 2.45) is 10.7 Å². The Labute approximate surface area is 231 Å². The molecular formula is C33H38N4O2. The number of rotatable bonds is 13. The van der Waals surface area contributed by atoms with Crippen molar-refractivity contribution in [3.05, 3.63) is 126 Å². The number of ether oxygens (including phenoxy) is 1. The van der Waals surface area contributed by atoms with Crippen LogP contribution in [0.2, 0.25) is 0 Å². The molecule has 39 heavy (non-hydrogen) atoms. The molecule has 0 spiro atoms. The Kier molecular flexibility index (Phi) is 10.9. The molecule has 0 atom stereocenters. The van der Waals surface area contributed by atoms with Gasteiger partial charge in [0, 0.05) is 25.6 Å². The molecule has 1 aliphatic heterocycles. The van der Waals surface area contributed by atoms with Crippen molar-refractivity contribution in [1.82, 2.24) is 10.2 Å². The minimum absolute atomic E-state index is 0.213. The highest BCUT2D eigenvalue weighted by atomic mass is 16.5. The van der Waals surface area contributed by atoms with E-state index in [1.54, 1.807) is 0 Å². The van der Waals surface area contributed by atoms with Crippen LogP contribution < -0.4 is 15.8 Å². The number of hydrogen-bond acceptors (Lipinski definition) is 5. The van der Waals surface area contributed by atoms with Crippen LogP contribution >= 0.6 is 0 Å². The molecular weight excluding hydrogens is 484 g/mol. The molecule has 0 unspecified atom stereocenters. The smallest absolute Gasteiger partial charge is 0.221 e. The molecule has 0 aromatic heterocycles. The molecule has 1 heterocycles. The van der Waals surface area contributed by atoms with E-state index in [0.717, 1.165) is 49.7 Å². The van der Waals surface area contributed by atoms with Crippen molar-refractivity contribution in [3.63, 3.8) is 0 Å². The molecule has 0 bridgehead atoms. The summed E-state index contributed by atoms with van der Waals surface area (Å²) in [6.07, 6.45) is 9.35. The van der Waals surface area contributed by atoms with Gasteiger partial charge in [-0.1, -0.05) is 97.1 Å². The van der Waals surface area contributed by atoms with Crippen LogP contribution in [0.3, 0.4) is 0 Å². The van der Waals surface area contributed by atoms with Gasteiger partial charge in [0.1, 0.15) is 11.6 Å². The molecule has 3 aromatic carbocycles. The third kappa shape index (κ3) is 9.58. The van der Waals surface area contributed by atoms with Gasteiger partial charge < -0.3 is 15.8 Å². The molecule has 3 aromatic rings. The highest BCUT2D eigenvalue weighted by Gasteiger charge is 2.19. The fraction of sp³-hybridized carbons (Fsp3) is 0.273. The number of hydrogen-bond donors (Lipinski definition) is 2. The number of aliphatic imine (C=N–C) groups is 1. The summed E-state index contributed by atoms with van der Waals surface area (Å²) in [7, 11) is 0. The number of nitrogens with zero attached hydrogens (tertiary/aromatic N) is 2. The largest absolute Gasteiger partial charge is 0.494 e. The molecule has 1 amide bonds. The molecule has 3 N–H and O–H groups in total. The summed E-state index contributed by atoms with van der Waals surface area (Å²) in [4.78, 5) is 18.6. The molecule has 0 saturated carbocycles. The van der Waals surface area contributed by atoms with Crippen LogP contribution in [0.4, 0.5) is 0 Å². The van der Waals surface area contributed by atoms with Crippen molar-refractivity contribution in [2.45, 2.75) is 18.8 Å². The maximum absolute atomic E-state index is 11.3. The van der Waals surface area contributed by atoms with Crippen LogP contribution in [0.15, 0.2) is 114 Å². The van der Waals surface area contributed by atoms with Gasteiger partial charge in [-0.2, -0.15) is 0 Å². The van der Waals surface area contributed by atoms with Crippen LogP contribution in [0.1, 0.15) is 29.0 Å². The van der Waals surface area contributed by atoms with Crippen molar-refractivity contribution in [3.8, 4) is 5.75 Å². The Balaban J connectivity index is 1.47. The second-order valence-electron chi connectivity index (χ2n) is 9.63. The monoisotopic (exact) mass is 522 g/mol. The van der Waals surface area contributed by atoms with Gasteiger partial charge in [-0.15, -0.1) is 0 Å². The van der Waals surface area contributed by atoms with Gasteiger partial charge in [0.25, 0.3) is 0 Å². The van der Waals surface area contributed by atoms with Gasteiger partial charge >= 0.3 is 0 Å². The van der Waals surface area contributed by atoms with E-state index in [0.29, 0.717) is 13.2 Å². The summed E-state index contributed by atoms with van der Waals surface area (Å²) < 4.78 is 6.05. The Hall–Kier alpha value is -4.16. The summed E-state index contributed by atoms with van der Waals surface area (Å²) in [5.74, 6) is 1.64. The second kappa shape index (κ2) is 15.3. The summed E-state index contributed by atoms with van der Waals surface area (Å²) in [5, 5.41) is 3.50. The third-order valence-corrected chi connectivity index (χ3v) is 6.58. The highest BCUT2D eigenvalue weighted by molar-refractivity contribution is 5.84. The quantitative estimate of drug-likeness (QED) is 0.318. The van der Waals surface area contributed by atoms with Crippen LogP contribution in [-0.2, 0) is 11.2 Å². The zero-order valence-corrected chi connectivity index (χ0v) is 22.4. The molecule has 6 heteroatoms. The first-order valence-corrected chi connectivity index (χ1v) is 13.6. The number of benzene rings is 3. The third-order valence-electron chi connectivity index (χ3n) is 6.58. The van der Waals surface area contributed by atoms with E-state index in [4.69, 9.17) is 15.5 Å². The molecule has 0 radical (unpaired) electrons. The summed E-state index contributed by atoms with van der Waals surface area (Å²) in [6.45, 7) is 4.42. The summed E-state index contributed by atoms with van der Waals surface area (Å²) in [6, 6.07) is 29.0. The number of carbonyl (C=O) groups is 1. The first kappa shape index (κ1) is 27.9. The Morgan fingerprint density at radius 2 is 1.67 bits per heavy atom. The van der Waals surface area contributed by atoms with Gasteiger partial charge in [0.2, 0.25) is 5.91 Å². The molecule has 202 valence electrons. The van der Waals surface area contributed by atoms with E-state index in [2.05, 4.69) is 89.1 Å². The first-order chi connectivity index (χ1) is 19.2. The van der Waals surface area contributed by atoms with Crippen LogP contribution in [0.5, 0.6) is 5.75 Å². The normalized spacial score (nSPS) is 15.0. The molecule has 0 aliphatic carbocycles. The molecule has 4 rings (SSSR count). The summed E-state index contributed by atoms with van der Waals surface area (Å²) in [5.41, 5.74) is 8.81. The lowest BCUT2D eigenvalue weighted by molar-refractivity contribution is -0.117. The van der Waals surface area contributed by atoms with Gasteiger partial charge in [-0.25, -0.2) is 0 Å². The van der Waals surface area contributed by atoms with E-state index < -0.39 is 0 Å². The lowest BCUT2D eigenvalue weighted by atomic mass is 9.90. The van der Waals surface area contributed by atoms with Gasteiger partial charge in [0.15, 0.2) is 0 Å². The van der Waals surface area contributed by atoms with E-state index >= 15 is 0 Å². The number of nitrogens with one attached hydrogen (secondary N) is 1. The average Bonchev–Trinajstić information content (AvgIpc) is 3.08. The molecule has 0 saturated heterocycles. The topological polar surface area (TPSA) is 80.0 Å². The number of amidine groups is 1. The zero-order valence-electron chi connectivity index (χ0n) is 22.4. The van der Waals surface area contributed by atoms with Crippen molar-refractivity contribution >= 4 is 11.7 Å². The summed E-state index contributed by atoms with van der Waals surface area (Å²) >= 11 is 0. The Bertz CT molecular complexity index is 1220. The van der Waals surface area contributed by atoms with E-state index in [1.807, 2.05) is 30.3 Å². The van der Waals surface area contributed by atoms with Crippen molar-refractivity contribution < 1.29 is 9.53 Å². The van der Waals surface area contributed by atoms with E-state index in [9.17, 15) is 4.79 Å². The van der Waals surface area contributed by atoms with E-state index in [1.165, 1.54) is 11.1 Å². The average molecular weight is 523 g/mol. The van der Waals surface area contributed by atoms with Gasteiger partial charge in [-0.05, 0) is 35.2 Å². The lowest BCUT2D eigenvalue weighted by Crippen LogP contribution is -2.40. The predicted molar refractivity (Wildman–Crippen MR) is 159 cm³/mol. The van der Waals surface area contributed by atoms with Crippen molar-refractivity contribution in [1.29, 1.82) is 0 Å². The number of nitrogens with two attached hydrogens (primary N) is 1. The highest BCUT2D eigenvalue weighted by Crippen LogP contribution is 2.26. The number of allylic oxidation sites excluding steroid dienone is 2. The Morgan fingerprint density at radius 1 is 0.949 bits per heavy atom. The van der Waals surface area contributed by atoms with Gasteiger partial charge in [0.05, 0.1) is 26.1 Å². The predicted octanol–water partition coefficient (Wildman–Crippen LogP) is 4.73. The first-order valence-electron chi connectivity index (χ1n) is 13.6. The fourth-order valence-electron chi connectivity index (χ4n) is 4.69. The molecule has 1 aliphatic rings. The molecule has 6 nitrogen and oxygen atoms in total. The SMILES string of the molecule is NC(=O)Cc1cccc(OCCCN(CC2=NC/C=C\C=C/CN2)CC(c2ccccc2)c2ccccc2)c1. The van der Waals surface area contributed by atoms with Crippen LogP contribution in [0.25, 0.3) is 0 Å². The molecule has 0 fully saturated rings.